The molecule has 112 valence electrons. The van der Waals surface area contributed by atoms with Gasteiger partial charge >= 0.3 is 0 Å². The lowest BCUT2D eigenvalue weighted by Gasteiger charge is -2.30. The Morgan fingerprint density at radius 1 is 0.619 bits per heavy atom. The highest BCUT2D eigenvalue weighted by Crippen LogP contribution is 2.36. The summed E-state index contributed by atoms with van der Waals surface area (Å²) in [7, 11) is 0. The minimum atomic E-state index is -0.193. The van der Waals surface area contributed by atoms with E-state index in [1.165, 1.54) is 23.3 Å². The monoisotopic (exact) mass is 284 g/mol. The van der Waals surface area contributed by atoms with Crippen LogP contribution in [0.15, 0.2) is 42.5 Å². The molecule has 0 fully saturated rings. The number of hydrogen-bond donors (Lipinski definition) is 0. The van der Waals surface area contributed by atoms with Crippen LogP contribution in [-0.4, -0.2) is 0 Å². The molecule has 0 aromatic heterocycles. The van der Waals surface area contributed by atoms with Crippen molar-refractivity contribution in [2.45, 2.75) is 52.4 Å². The summed E-state index contributed by atoms with van der Waals surface area (Å²) in [6, 6.07) is 13.3. The molecule has 0 aliphatic rings. The molecule has 0 N–H and O–H groups in total. The molecule has 0 aliphatic heterocycles. The number of hydrogen-bond acceptors (Lipinski definition) is 0. The fourth-order valence-corrected chi connectivity index (χ4v) is 2.64. The van der Waals surface area contributed by atoms with Crippen molar-refractivity contribution in [3.05, 3.63) is 59.4 Å². The smallest absolute Gasteiger partial charge is 0.123 e. The largest absolute Gasteiger partial charge is 0.207 e. The average molecular weight is 284 g/mol. The Hall–Kier alpha value is -1.63. The zero-order valence-corrected chi connectivity index (χ0v) is 13.9. The van der Waals surface area contributed by atoms with Crippen LogP contribution in [0.1, 0.15) is 52.7 Å². The predicted octanol–water partition coefficient (Wildman–Crippen LogP) is 6.09. The Morgan fingerprint density at radius 2 is 1.10 bits per heavy atom. The number of benzene rings is 2. The van der Waals surface area contributed by atoms with Gasteiger partial charge in [-0.25, -0.2) is 4.39 Å². The van der Waals surface area contributed by atoms with Crippen LogP contribution in [0.2, 0.25) is 0 Å². The van der Waals surface area contributed by atoms with Gasteiger partial charge in [-0.3, -0.25) is 0 Å². The second-order valence-corrected chi connectivity index (χ2v) is 7.77. The van der Waals surface area contributed by atoms with Gasteiger partial charge in [0.25, 0.3) is 0 Å². The van der Waals surface area contributed by atoms with Gasteiger partial charge in [0, 0.05) is 0 Å². The van der Waals surface area contributed by atoms with Crippen LogP contribution in [0.25, 0.3) is 11.1 Å². The molecule has 0 aliphatic carbocycles. The van der Waals surface area contributed by atoms with E-state index < -0.39 is 0 Å². The summed E-state index contributed by atoms with van der Waals surface area (Å²) in [5, 5.41) is 0. The van der Waals surface area contributed by atoms with Crippen LogP contribution < -0.4 is 0 Å². The molecule has 2 aromatic carbocycles. The fraction of sp³-hybridized carbons (Fsp3) is 0.400. The molecule has 0 bridgehead atoms. The lowest BCUT2D eigenvalue weighted by atomic mass is 9.74. The summed E-state index contributed by atoms with van der Waals surface area (Å²) < 4.78 is 13.1. The molecule has 0 heterocycles. The van der Waals surface area contributed by atoms with Crippen molar-refractivity contribution in [3.63, 3.8) is 0 Å². The van der Waals surface area contributed by atoms with E-state index >= 15 is 0 Å². The molecule has 0 unspecified atom stereocenters. The summed E-state index contributed by atoms with van der Waals surface area (Å²) in [4.78, 5) is 0. The maximum absolute atomic E-state index is 13.1. The molecule has 2 rings (SSSR count). The lowest BCUT2D eigenvalue weighted by molar-refractivity contribution is 0.530. The summed E-state index contributed by atoms with van der Waals surface area (Å²) >= 11 is 0. The highest BCUT2D eigenvalue weighted by molar-refractivity contribution is 5.66. The van der Waals surface area contributed by atoms with Gasteiger partial charge in [0.15, 0.2) is 0 Å². The minimum Gasteiger partial charge on any atom is -0.207 e. The van der Waals surface area contributed by atoms with Crippen LogP contribution in [0.4, 0.5) is 4.39 Å². The standard InChI is InChI=1S/C20H25F/c1-19(2,3)17-12-9-15(13-18(17)20(4,5)6)14-7-10-16(21)11-8-14/h7-13H,1-6H3. The number of rotatable bonds is 1. The van der Waals surface area contributed by atoms with Gasteiger partial charge in [-0.05, 0) is 45.2 Å². The second-order valence-electron chi connectivity index (χ2n) is 7.77. The Labute approximate surface area is 128 Å². The summed E-state index contributed by atoms with van der Waals surface area (Å²) in [6.07, 6.45) is 0. The van der Waals surface area contributed by atoms with E-state index in [4.69, 9.17) is 0 Å². The first-order valence-corrected chi connectivity index (χ1v) is 7.50. The molecule has 0 nitrogen and oxygen atoms in total. The Kier molecular flexibility index (Phi) is 3.97. The van der Waals surface area contributed by atoms with Crippen molar-refractivity contribution in [1.82, 2.24) is 0 Å². The summed E-state index contributed by atoms with van der Waals surface area (Å²) in [5.41, 5.74) is 5.13. The zero-order chi connectivity index (χ0) is 15.8. The quantitative estimate of drug-likeness (QED) is 0.594. The van der Waals surface area contributed by atoms with Crippen LogP contribution in [0, 0.1) is 5.82 Å². The lowest BCUT2D eigenvalue weighted by Crippen LogP contribution is -2.21. The molecule has 2 aromatic rings. The molecular weight excluding hydrogens is 259 g/mol. The van der Waals surface area contributed by atoms with Gasteiger partial charge in [0.2, 0.25) is 0 Å². The third-order valence-corrected chi connectivity index (χ3v) is 3.81. The van der Waals surface area contributed by atoms with Crippen LogP contribution in [0.5, 0.6) is 0 Å². The molecule has 0 atom stereocenters. The maximum atomic E-state index is 13.1. The van der Waals surface area contributed by atoms with E-state index in [1.807, 2.05) is 12.1 Å². The van der Waals surface area contributed by atoms with Crippen LogP contribution >= 0.6 is 0 Å². The Bertz CT molecular complexity index is 622. The summed E-state index contributed by atoms with van der Waals surface area (Å²) in [5.74, 6) is -0.193. The average Bonchev–Trinajstić information content (AvgIpc) is 2.37. The molecule has 1 heteroatoms. The van der Waals surface area contributed by atoms with E-state index in [2.05, 4.69) is 59.7 Å². The highest BCUT2D eigenvalue weighted by atomic mass is 19.1. The van der Waals surface area contributed by atoms with Crippen molar-refractivity contribution in [3.8, 4) is 11.1 Å². The van der Waals surface area contributed by atoms with E-state index in [0.717, 1.165) is 11.1 Å². The molecule has 0 amide bonds. The second kappa shape index (κ2) is 5.29. The number of halogens is 1. The Balaban J connectivity index is 2.60. The van der Waals surface area contributed by atoms with Crippen molar-refractivity contribution >= 4 is 0 Å². The third-order valence-electron chi connectivity index (χ3n) is 3.81. The van der Waals surface area contributed by atoms with E-state index in [1.54, 1.807) is 0 Å². The Morgan fingerprint density at radius 3 is 1.57 bits per heavy atom. The molecule has 0 radical (unpaired) electrons. The van der Waals surface area contributed by atoms with Gasteiger partial charge in [-0.1, -0.05) is 71.9 Å². The van der Waals surface area contributed by atoms with E-state index in [-0.39, 0.29) is 16.6 Å². The fourth-order valence-electron chi connectivity index (χ4n) is 2.64. The molecule has 0 saturated carbocycles. The topological polar surface area (TPSA) is 0 Å². The van der Waals surface area contributed by atoms with Crippen molar-refractivity contribution < 1.29 is 4.39 Å². The van der Waals surface area contributed by atoms with Gasteiger partial charge in [-0.2, -0.15) is 0 Å². The maximum Gasteiger partial charge on any atom is 0.123 e. The van der Waals surface area contributed by atoms with Crippen molar-refractivity contribution in [2.75, 3.05) is 0 Å². The zero-order valence-electron chi connectivity index (χ0n) is 13.9. The molecule has 21 heavy (non-hydrogen) atoms. The molecule has 0 saturated heterocycles. The van der Waals surface area contributed by atoms with Gasteiger partial charge in [0.05, 0.1) is 0 Å². The predicted molar refractivity (Wildman–Crippen MR) is 89.2 cm³/mol. The highest BCUT2D eigenvalue weighted by Gasteiger charge is 2.25. The third kappa shape index (κ3) is 3.53. The first-order valence-electron chi connectivity index (χ1n) is 7.50. The van der Waals surface area contributed by atoms with Gasteiger partial charge in [0.1, 0.15) is 5.82 Å². The SMILES string of the molecule is CC(C)(C)c1ccc(-c2ccc(F)cc2)cc1C(C)(C)C. The van der Waals surface area contributed by atoms with Gasteiger partial charge in [-0.15, -0.1) is 0 Å². The van der Waals surface area contributed by atoms with Crippen LogP contribution in [0.3, 0.4) is 0 Å². The van der Waals surface area contributed by atoms with Crippen LogP contribution in [-0.2, 0) is 10.8 Å². The van der Waals surface area contributed by atoms with Crippen molar-refractivity contribution in [2.24, 2.45) is 0 Å². The van der Waals surface area contributed by atoms with E-state index in [0.29, 0.717) is 0 Å². The molecule has 0 spiro atoms. The first-order chi connectivity index (χ1) is 9.59. The molecular formula is C20H25F. The first kappa shape index (κ1) is 15.8. The summed E-state index contributed by atoms with van der Waals surface area (Å²) in [6.45, 7) is 13.5. The van der Waals surface area contributed by atoms with Crippen molar-refractivity contribution in [1.29, 1.82) is 0 Å². The van der Waals surface area contributed by atoms with Gasteiger partial charge < -0.3 is 0 Å². The van der Waals surface area contributed by atoms with E-state index in [9.17, 15) is 4.39 Å². The minimum absolute atomic E-state index is 0.0820. The normalized spacial score (nSPS) is 12.5.